The van der Waals surface area contributed by atoms with Crippen LogP contribution in [0, 0.1) is 5.82 Å². The van der Waals surface area contributed by atoms with Gasteiger partial charge in [-0.05, 0) is 36.7 Å². The zero-order valence-electron chi connectivity index (χ0n) is 11.4. The molecule has 0 amide bonds. The molecule has 0 bridgehead atoms. The van der Waals surface area contributed by atoms with E-state index in [1.807, 2.05) is 36.2 Å². The second-order valence-corrected chi connectivity index (χ2v) is 5.18. The van der Waals surface area contributed by atoms with E-state index >= 15 is 0 Å². The quantitative estimate of drug-likeness (QED) is 0.912. The molecule has 2 aromatic rings. The fourth-order valence-electron chi connectivity index (χ4n) is 2.15. The van der Waals surface area contributed by atoms with Crippen LogP contribution in [0.1, 0.15) is 11.1 Å². The molecule has 106 valence electrons. The van der Waals surface area contributed by atoms with Crippen LogP contribution in [0.5, 0.6) is 0 Å². The Labute approximate surface area is 124 Å². The van der Waals surface area contributed by atoms with E-state index in [4.69, 9.17) is 17.3 Å². The summed E-state index contributed by atoms with van der Waals surface area (Å²) in [6.45, 7) is 1.07. The highest BCUT2D eigenvalue weighted by molar-refractivity contribution is 6.33. The minimum atomic E-state index is -0.199. The Morgan fingerprint density at radius 3 is 2.60 bits per heavy atom. The van der Waals surface area contributed by atoms with Gasteiger partial charge in [-0.15, -0.1) is 0 Å². The normalized spacial score (nSPS) is 10.6. The second-order valence-electron chi connectivity index (χ2n) is 4.77. The molecule has 2 nitrogen and oxygen atoms in total. The van der Waals surface area contributed by atoms with Crippen molar-refractivity contribution in [2.24, 2.45) is 5.73 Å². The van der Waals surface area contributed by atoms with Crippen LogP contribution in [0.15, 0.2) is 42.5 Å². The van der Waals surface area contributed by atoms with Crippen molar-refractivity contribution in [3.8, 4) is 0 Å². The topological polar surface area (TPSA) is 29.3 Å². The molecule has 4 heteroatoms. The van der Waals surface area contributed by atoms with Crippen LogP contribution in [0.25, 0.3) is 0 Å². The molecule has 0 unspecified atom stereocenters. The Kier molecular flexibility index (Phi) is 4.99. The molecule has 2 aromatic carbocycles. The summed E-state index contributed by atoms with van der Waals surface area (Å²) in [4.78, 5) is 1.94. The molecule has 0 fully saturated rings. The Balaban J connectivity index is 2.17. The van der Waals surface area contributed by atoms with Crippen molar-refractivity contribution in [3.05, 3.63) is 64.4 Å². The second kappa shape index (κ2) is 6.73. The summed E-state index contributed by atoms with van der Waals surface area (Å²) in [5.41, 5.74) is 8.18. The first-order valence-corrected chi connectivity index (χ1v) is 6.92. The fraction of sp³-hybridized carbons (Fsp3) is 0.250. The molecule has 0 aliphatic heterocycles. The van der Waals surface area contributed by atoms with Gasteiger partial charge >= 0.3 is 0 Å². The van der Waals surface area contributed by atoms with Crippen LogP contribution in [0.3, 0.4) is 0 Å². The van der Waals surface area contributed by atoms with Gasteiger partial charge in [-0.2, -0.15) is 0 Å². The minimum absolute atomic E-state index is 0.199. The van der Waals surface area contributed by atoms with Gasteiger partial charge in [0.1, 0.15) is 5.82 Å². The molecule has 0 heterocycles. The Bertz CT molecular complexity index is 586. The van der Waals surface area contributed by atoms with E-state index in [2.05, 4.69) is 0 Å². The van der Waals surface area contributed by atoms with Gasteiger partial charge in [-0.1, -0.05) is 35.9 Å². The number of rotatable bonds is 5. The van der Waals surface area contributed by atoms with Gasteiger partial charge in [0, 0.05) is 19.2 Å². The molecule has 0 saturated carbocycles. The number of anilines is 1. The van der Waals surface area contributed by atoms with E-state index in [1.54, 1.807) is 12.1 Å². The Morgan fingerprint density at radius 1 is 1.20 bits per heavy atom. The highest BCUT2D eigenvalue weighted by Gasteiger charge is 2.09. The largest absolute Gasteiger partial charge is 0.369 e. The molecule has 0 atom stereocenters. The number of hydrogen-bond acceptors (Lipinski definition) is 2. The molecule has 0 spiro atoms. The molecule has 0 radical (unpaired) electrons. The van der Waals surface area contributed by atoms with Crippen LogP contribution in [0.2, 0.25) is 5.02 Å². The summed E-state index contributed by atoms with van der Waals surface area (Å²) in [6, 6.07) is 12.6. The van der Waals surface area contributed by atoms with Crippen molar-refractivity contribution < 1.29 is 4.39 Å². The third kappa shape index (κ3) is 3.50. The lowest BCUT2D eigenvalue weighted by Gasteiger charge is -2.21. The number of halogens is 2. The predicted molar refractivity (Wildman–Crippen MR) is 82.7 cm³/mol. The highest BCUT2D eigenvalue weighted by Crippen LogP contribution is 2.27. The van der Waals surface area contributed by atoms with Crippen molar-refractivity contribution in [2.45, 2.75) is 13.0 Å². The van der Waals surface area contributed by atoms with Gasteiger partial charge < -0.3 is 10.6 Å². The summed E-state index contributed by atoms with van der Waals surface area (Å²) in [5, 5.41) is 0.662. The monoisotopic (exact) mass is 292 g/mol. The first-order chi connectivity index (χ1) is 9.61. The van der Waals surface area contributed by atoms with Crippen molar-refractivity contribution in [1.29, 1.82) is 0 Å². The molecule has 0 aliphatic carbocycles. The summed E-state index contributed by atoms with van der Waals surface area (Å²) in [7, 11) is 1.90. The lowest BCUT2D eigenvalue weighted by molar-refractivity contribution is 0.608. The lowest BCUT2D eigenvalue weighted by atomic mass is 10.1. The number of hydrogen-bond donors (Lipinski definition) is 1. The average Bonchev–Trinajstić information content (AvgIpc) is 2.42. The van der Waals surface area contributed by atoms with E-state index in [1.165, 1.54) is 6.07 Å². The molecular formula is C16H18ClFN2. The van der Waals surface area contributed by atoms with E-state index in [9.17, 15) is 4.39 Å². The Morgan fingerprint density at radius 2 is 1.95 bits per heavy atom. The lowest BCUT2D eigenvalue weighted by Crippen LogP contribution is -2.17. The molecule has 20 heavy (non-hydrogen) atoms. The van der Waals surface area contributed by atoms with Gasteiger partial charge in [-0.3, -0.25) is 0 Å². The van der Waals surface area contributed by atoms with Gasteiger partial charge in [0.25, 0.3) is 0 Å². The maximum atomic E-state index is 13.7. The van der Waals surface area contributed by atoms with Crippen LogP contribution in [0.4, 0.5) is 10.1 Å². The van der Waals surface area contributed by atoms with E-state index < -0.39 is 0 Å². The maximum absolute atomic E-state index is 13.7. The summed E-state index contributed by atoms with van der Waals surface area (Å²) >= 11 is 6.29. The Hall–Kier alpha value is -1.58. The van der Waals surface area contributed by atoms with Crippen molar-refractivity contribution in [2.75, 3.05) is 18.5 Å². The van der Waals surface area contributed by atoms with Gasteiger partial charge in [-0.25, -0.2) is 4.39 Å². The maximum Gasteiger partial charge on any atom is 0.128 e. The predicted octanol–water partition coefficient (Wildman–Crippen LogP) is 3.62. The van der Waals surface area contributed by atoms with Crippen molar-refractivity contribution >= 4 is 17.3 Å². The van der Waals surface area contributed by atoms with Crippen LogP contribution in [-0.4, -0.2) is 13.6 Å². The van der Waals surface area contributed by atoms with E-state index in [0.717, 1.165) is 17.7 Å². The van der Waals surface area contributed by atoms with Gasteiger partial charge in [0.2, 0.25) is 0 Å². The van der Waals surface area contributed by atoms with Crippen molar-refractivity contribution in [3.63, 3.8) is 0 Å². The fourth-order valence-corrected chi connectivity index (χ4v) is 2.50. The van der Waals surface area contributed by atoms with Gasteiger partial charge in [0.05, 0.1) is 10.7 Å². The van der Waals surface area contributed by atoms with E-state index in [0.29, 0.717) is 23.7 Å². The molecule has 2 rings (SSSR count). The summed E-state index contributed by atoms with van der Waals surface area (Å²) < 4.78 is 13.7. The molecule has 0 aliphatic rings. The third-order valence-electron chi connectivity index (χ3n) is 3.22. The van der Waals surface area contributed by atoms with Crippen LogP contribution in [-0.2, 0) is 13.0 Å². The highest BCUT2D eigenvalue weighted by atomic mass is 35.5. The van der Waals surface area contributed by atoms with Gasteiger partial charge in [0.15, 0.2) is 0 Å². The standard InChI is InChI=1S/C16H18ClFN2/c1-20(11-13-4-2-3-5-15(13)18)16-7-6-12(8-9-19)10-14(16)17/h2-7,10H,8-9,11,19H2,1H3. The minimum Gasteiger partial charge on any atom is -0.369 e. The molecule has 2 N–H and O–H groups in total. The van der Waals surface area contributed by atoms with E-state index in [-0.39, 0.29) is 5.82 Å². The molecular weight excluding hydrogens is 275 g/mol. The zero-order valence-corrected chi connectivity index (χ0v) is 12.2. The summed E-state index contributed by atoms with van der Waals surface area (Å²) in [5.74, 6) is -0.199. The number of nitrogens with zero attached hydrogens (tertiary/aromatic N) is 1. The number of nitrogens with two attached hydrogens (primary N) is 1. The molecule has 0 aromatic heterocycles. The molecule has 0 saturated heterocycles. The first kappa shape index (κ1) is 14.8. The van der Waals surface area contributed by atoms with Crippen molar-refractivity contribution in [1.82, 2.24) is 0 Å². The van der Waals surface area contributed by atoms with Crippen LogP contribution < -0.4 is 10.6 Å². The smallest absolute Gasteiger partial charge is 0.128 e. The van der Waals surface area contributed by atoms with Crippen LogP contribution >= 0.6 is 11.6 Å². The third-order valence-corrected chi connectivity index (χ3v) is 3.52. The zero-order chi connectivity index (χ0) is 14.5. The number of benzene rings is 2. The SMILES string of the molecule is CN(Cc1ccccc1F)c1ccc(CCN)cc1Cl. The summed E-state index contributed by atoms with van der Waals surface area (Å²) in [6.07, 6.45) is 0.803. The average molecular weight is 293 g/mol. The first-order valence-electron chi connectivity index (χ1n) is 6.55.